The third-order valence-electron chi connectivity index (χ3n) is 1.71. The van der Waals surface area contributed by atoms with Gasteiger partial charge in [-0.2, -0.15) is 5.10 Å². The molecule has 0 amide bonds. The Bertz CT molecular complexity index is 294. The molecule has 13 heavy (non-hydrogen) atoms. The zero-order valence-electron chi connectivity index (χ0n) is 8.15. The SMILES string of the molecule is CC(C)C(=O)CSc1cnn(C)c1. The highest BCUT2D eigenvalue weighted by Crippen LogP contribution is 2.17. The molecule has 1 aromatic rings. The molecule has 0 saturated carbocycles. The second-order valence-corrected chi connectivity index (χ2v) is 4.31. The molecule has 0 bridgehead atoms. The van der Waals surface area contributed by atoms with Gasteiger partial charge in [-0.15, -0.1) is 11.8 Å². The Kier molecular flexibility index (Phi) is 3.54. The van der Waals surface area contributed by atoms with Crippen LogP contribution in [0.2, 0.25) is 0 Å². The molecule has 3 nitrogen and oxygen atoms in total. The Balaban J connectivity index is 2.39. The van der Waals surface area contributed by atoms with E-state index in [-0.39, 0.29) is 11.7 Å². The fourth-order valence-corrected chi connectivity index (χ4v) is 1.79. The number of Topliss-reactive ketones (excluding diaryl/α,β-unsaturated/α-hetero) is 1. The standard InChI is InChI=1S/C9H14N2OS/c1-7(2)9(12)6-13-8-4-10-11(3)5-8/h4-5,7H,6H2,1-3H3. The first-order valence-corrected chi connectivity index (χ1v) is 5.22. The van der Waals surface area contributed by atoms with Crippen LogP contribution in [0.5, 0.6) is 0 Å². The van der Waals surface area contributed by atoms with Crippen molar-refractivity contribution in [2.75, 3.05) is 5.75 Å². The average molecular weight is 198 g/mol. The van der Waals surface area contributed by atoms with Gasteiger partial charge in [0.25, 0.3) is 0 Å². The van der Waals surface area contributed by atoms with Crippen LogP contribution in [-0.2, 0) is 11.8 Å². The Morgan fingerprint density at radius 3 is 2.85 bits per heavy atom. The molecule has 0 radical (unpaired) electrons. The fourth-order valence-electron chi connectivity index (χ4n) is 0.794. The lowest BCUT2D eigenvalue weighted by molar-refractivity contribution is -0.119. The molecular formula is C9H14N2OS. The van der Waals surface area contributed by atoms with E-state index in [4.69, 9.17) is 0 Å². The van der Waals surface area contributed by atoms with Crippen LogP contribution in [0.1, 0.15) is 13.8 Å². The van der Waals surface area contributed by atoms with Gasteiger partial charge in [-0.3, -0.25) is 9.48 Å². The van der Waals surface area contributed by atoms with Crippen LogP contribution in [0.15, 0.2) is 17.3 Å². The molecule has 1 aromatic heterocycles. The summed E-state index contributed by atoms with van der Waals surface area (Å²) < 4.78 is 1.74. The van der Waals surface area contributed by atoms with Gasteiger partial charge in [-0.25, -0.2) is 0 Å². The van der Waals surface area contributed by atoms with Crippen molar-refractivity contribution in [3.8, 4) is 0 Å². The summed E-state index contributed by atoms with van der Waals surface area (Å²) in [5.74, 6) is 0.960. The maximum Gasteiger partial charge on any atom is 0.145 e. The van der Waals surface area contributed by atoms with E-state index in [2.05, 4.69) is 5.10 Å². The quantitative estimate of drug-likeness (QED) is 0.691. The number of hydrogen-bond donors (Lipinski definition) is 0. The monoisotopic (exact) mass is 198 g/mol. The molecule has 0 atom stereocenters. The van der Waals surface area contributed by atoms with Crippen molar-refractivity contribution in [3.05, 3.63) is 12.4 Å². The minimum Gasteiger partial charge on any atom is -0.298 e. The molecule has 4 heteroatoms. The fraction of sp³-hybridized carbons (Fsp3) is 0.556. The normalized spacial score (nSPS) is 10.8. The number of ketones is 1. The minimum atomic E-state index is 0.129. The maximum atomic E-state index is 11.3. The van der Waals surface area contributed by atoms with Gasteiger partial charge >= 0.3 is 0 Å². The van der Waals surface area contributed by atoms with Crippen LogP contribution in [0.3, 0.4) is 0 Å². The van der Waals surface area contributed by atoms with E-state index >= 15 is 0 Å². The van der Waals surface area contributed by atoms with Gasteiger partial charge in [-0.1, -0.05) is 13.8 Å². The summed E-state index contributed by atoms with van der Waals surface area (Å²) in [6.45, 7) is 3.85. The van der Waals surface area contributed by atoms with Crippen molar-refractivity contribution in [2.45, 2.75) is 18.7 Å². The second-order valence-electron chi connectivity index (χ2n) is 3.26. The molecule has 0 saturated heterocycles. The molecule has 0 spiro atoms. The molecule has 0 fully saturated rings. The molecule has 0 aliphatic rings. The smallest absolute Gasteiger partial charge is 0.145 e. The summed E-state index contributed by atoms with van der Waals surface area (Å²) in [7, 11) is 1.87. The van der Waals surface area contributed by atoms with Crippen LogP contribution in [0.25, 0.3) is 0 Å². The number of nitrogens with zero attached hydrogens (tertiary/aromatic N) is 2. The topological polar surface area (TPSA) is 34.9 Å². The van der Waals surface area contributed by atoms with Gasteiger partial charge in [0.1, 0.15) is 5.78 Å². The Hall–Kier alpha value is -0.770. The first-order valence-electron chi connectivity index (χ1n) is 4.23. The van der Waals surface area contributed by atoms with E-state index in [0.29, 0.717) is 5.75 Å². The van der Waals surface area contributed by atoms with Crippen LogP contribution in [0, 0.1) is 5.92 Å². The van der Waals surface area contributed by atoms with E-state index in [1.165, 1.54) is 0 Å². The summed E-state index contributed by atoms with van der Waals surface area (Å²) in [5, 5.41) is 4.02. The molecule has 72 valence electrons. The first kappa shape index (κ1) is 10.3. The van der Waals surface area contributed by atoms with Gasteiger partial charge in [0, 0.05) is 24.1 Å². The number of thioether (sulfide) groups is 1. The molecule has 0 aliphatic carbocycles. The summed E-state index contributed by atoms with van der Waals surface area (Å²) in [4.78, 5) is 12.3. The third kappa shape index (κ3) is 3.22. The lowest BCUT2D eigenvalue weighted by Gasteiger charge is -2.01. The van der Waals surface area contributed by atoms with Crippen molar-refractivity contribution in [2.24, 2.45) is 13.0 Å². The minimum absolute atomic E-state index is 0.129. The number of hydrogen-bond acceptors (Lipinski definition) is 3. The van der Waals surface area contributed by atoms with Crippen LogP contribution >= 0.6 is 11.8 Å². The van der Waals surface area contributed by atoms with Crippen molar-refractivity contribution >= 4 is 17.5 Å². The number of carbonyl (C=O) groups excluding carboxylic acids is 1. The van der Waals surface area contributed by atoms with E-state index in [1.807, 2.05) is 27.1 Å². The van der Waals surface area contributed by atoms with E-state index < -0.39 is 0 Å². The predicted octanol–water partition coefficient (Wildman–Crippen LogP) is 1.74. The second kappa shape index (κ2) is 4.46. The Labute approximate surface area is 82.5 Å². The van der Waals surface area contributed by atoms with Crippen LogP contribution in [-0.4, -0.2) is 21.3 Å². The summed E-state index contributed by atoms with van der Waals surface area (Å²) in [5.41, 5.74) is 0. The van der Waals surface area contributed by atoms with Crippen LogP contribution < -0.4 is 0 Å². The number of aryl methyl sites for hydroxylation is 1. The Morgan fingerprint density at radius 1 is 1.69 bits per heavy atom. The molecule has 1 heterocycles. The first-order chi connectivity index (χ1) is 6.09. The molecule has 0 aromatic carbocycles. The van der Waals surface area contributed by atoms with Crippen molar-refractivity contribution in [3.63, 3.8) is 0 Å². The largest absolute Gasteiger partial charge is 0.298 e. The van der Waals surface area contributed by atoms with E-state index in [9.17, 15) is 4.79 Å². The number of rotatable bonds is 4. The zero-order chi connectivity index (χ0) is 9.84. The van der Waals surface area contributed by atoms with Gasteiger partial charge < -0.3 is 0 Å². The molecule has 1 rings (SSSR count). The molecule has 0 aliphatic heterocycles. The maximum absolute atomic E-state index is 11.3. The van der Waals surface area contributed by atoms with E-state index in [0.717, 1.165) is 4.90 Å². The molecular weight excluding hydrogens is 184 g/mol. The lowest BCUT2D eigenvalue weighted by Crippen LogP contribution is -2.09. The lowest BCUT2D eigenvalue weighted by atomic mass is 10.1. The van der Waals surface area contributed by atoms with Gasteiger partial charge in [0.15, 0.2) is 0 Å². The summed E-state index contributed by atoms with van der Waals surface area (Å²) in [6, 6.07) is 0. The molecule has 0 N–H and O–H groups in total. The highest BCUT2D eigenvalue weighted by Gasteiger charge is 2.07. The number of carbonyl (C=O) groups is 1. The summed E-state index contributed by atoms with van der Waals surface area (Å²) >= 11 is 1.54. The Morgan fingerprint density at radius 2 is 2.38 bits per heavy atom. The van der Waals surface area contributed by atoms with Crippen LogP contribution in [0.4, 0.5) is 0 Å². The highest BCUT2D eigenvalue weighted by molar-refractivity contribution is 8.00. The van der Waals surface area contributed by atoms with Gasteiger partial charge in [-0.05, 0) is 0 Å². The highest BCUT2D eigenvalue weighted by atomic mass is 32.2. The average Bonchev–Trinajstić information content (AvgIpc) is 2.47. The third-order valence-corrected chi connectivity index (χ3v) is 2.68. The van der Waals surface area contributed by atoms with Crippen molar-refractivity contribution in [1.82, 2.24) is 9.78 Å². The van der Waals surface area contributed by atoms with E-state index in [1.54, 1.807) is 22.6 Å². The van der Waals surface area contributed by atoms with Crippen molar-refractivity contribution < 1.29 is 4.79 Å². The number of aromatic nitrogens is 2. The zero-order valence-corrected chi connectivity index (χ0v) is 8.97. The van der Waals surface area contributed by atoms with Crippen molar-refractivity contribution in [1.29, 1.82) is 0 Å². The summed E-state index contributed by atoms with van der Waals surface area (Å²) in [6.07, 6.45) is 3.69. The predicted molar refractivity (Wildman–Crippen MR) is 53.8 cm³/mol. The molecule has 0 unspecified atom stereocenters. The van der Waals surface area contributed by atoms with Gasteiger partial charge in [0.05, 0.1) is 11.9 Å². The van der Waals surface area contributed by atoms with Gasteiger partial charge in [0.2, 0.25) is 0 Å².